The normalized spacial score (nSPS) is 13.7. The van der Waals surface area contributed by atoms with Crippen molar-refractivity contribution >= 4 is 28.7 Å². The van der Waals surface area contributed by atoms with Gasteiger partial charge in [-0.3, -0.25) is 9.78 Å². The molecule has 4 rings (SSSR count). The maximum atomic E-state index is 12.6. The van der Waals surface area contributed by atoms with E-state index < -0.39 is 0 Å². The van der Waals surface area contributed by atoms with E-state index in [1.807, 2.05) is 36.2 Å². The van der Waals surface area contributed by atoms with Gasteiger partial charge in [0.15, 0.2) is 0 Å². The summed E-state index contributed by atoms with van der Waals surface area (Å²) >= 11 is 1.16. The summed E-state index contributed by atoms with van der Waals surface area (Å²) in [5.41, 5.74) is 5.57. The summed E-state index contributed by atoms with van der Waals surface area (Å²) in [5, 5.41) is 0. The molecule has 0 radical (unpaired) electrons. The van der Waals surface area contributed by atoms with Crippen molar-refractivity contribution in [2.45, 2.75) is 20.0 Å². The van der Waals surface area contributed by atoms with Gasteiger partial charge in [0.2, 0.25) is 0 Å². The molecule has 0 fully saturated rings. The highest BCUT2D eigenvalue weighted by Crippen LogP contribution is 2.25. The highest BCUT2D eigenvalue weighted by molar-refractivity contribution is 7.00. The number of aromatic nitrogens is 3. The summed E-state index contributed by atoms with van der Waals surface area (Å²) in [6.45, 7) is 3.23. The first kappa shape index (κ1) is 12.4. The topological polar surface area (TPSA) is 59.0 Å². The van der Waals surface area contributed by atoms with Crippen LogP contribution in [0.3, 0.4) is 0 Å². The minimum Gasteiger partial charge on any atom is -0.330 e. The third-order valence-electron chi connectivity index (χ3n) is 3.73. The van der Waals surface area contributed by atoms with E-state index in [9.17, 15) is 4.79 Å². The van der Waals surface area contributed by atoms with Crippen LogP contribution in [0.15, 0.2) is 30.5 Å². The van der Waals surface area contributed by atoms with Crippen molar-refractivity contribution in [3.8, 4) is 0 Å². The quantitative estimate of drug-likeness (QED) is 0.692. The fourth-order valence-electron chi connectivity index (χ4n) is 2.64. The second-order valence-corrected chi connectivity index (χ2v) is 5.75. The molecule has 0 unspecified atom stereocenters. The average Bonchev–Trinajstić information content (AvgIpc) is 3.11. The van der Waals surface area contributed by atoms with Crippen molar-refractivity contribution in [2.24, 2.45) is 0 Å². The molecule has 6 heteroatoms. The number of amides is 1. The molecule has 0 spiro atoms. The van der Waals surface area contributed by atoms with E-state index in [4.69, 9.17) is 0 Å². The number of fused-ring (bicyclic) bond motifs is 2. The molecule has 104 valence electrons. The Morgan fingerprint density at radius 2 is 1.95 bits per heavy atom. The SMILES string of the molecule is Cc1cc2c(cn1)CN(C(=O)c1ccc3nsnc3c1)C2. The monoisotopic (exact) mass is 296 g/mol. The van der Waals surface area contributed by atoms with Crippen LogP contribution in [0.5, 0.6) is 0 Å². The maximum Gasteiger partial charge on any atom is 0.254 e. The zero-order chi connectivity index (χ0) is 14.4. The van der Waals surface area contributed by atoms with Crippen LogP contribution in [0.4, 0.5) is 0 Å². The number of benzene rings is 1. The Hall–Kier alpha value is -2.34. The fourth-order valence-corrected chi connectivity index (χ4v) is 3.16. The Morgan fingerprint density at radius 3 is 2.86 bits per heavy atom. The van der Waals surface area contributed by atoms with E-state index in [1.165, 1.54) is 5.56 Å². The number of aryl methyl sites for hydroxylation is 1. The third kappa shape index (κ3) is 2.08. The Morgan fingerprint density at radius 1 is 1.14 bits per heavy atom. The molecular formula is C15H12N4OS. The third-order valence-corrected chi connectivity index (χ3v) is 4.29. The molecule has 1 aromatic carbocycles. The Balaban J connectivity index is 1.64. The lowest BCUT2D eigenvalue weighted by atomic mass is 10.1. The molecular weight excluding hydrogens is 284 g/mol. The van der Waals surface area contributed by atoms with Gasteiger partial charge in [0.1, 0.15) is 11.0 Å². The minimum absolute atomic E-state index is 0.0266. The lowest BCUT2D eigenvalue weighted by Gasteiger charge is -2.15. The van der Waals surface area contributed by atoms with Gasteiger partial charge in [0.25, 0.3) is 5.91 Å². The van der Waals surface area contributed by atoms with Gasteiger partial charge in [-0.1, -0.05) is 0 Å². The van der Waals surface area contributed by atoms with Gasteiger partial charge in [-0.25, -0.2) is 0 Å². The molecule has 1 amide bonds. The number of carbonyl (C=O) groups is 1. The van der Waals surface area contributed by atoms with E-state index in [2.05, 4.69) is 19.8 Å². The van der Waals surface area contributed by atoms with E-state index in [0.717, 1.165) is 34.0 Å². The smallest absolute Gasteiger partial charge is 0.254 e. The number of hydrogen-bond donors (Lipinski definition) is 0. The Labute approximate surface area is 125 Å². The highest BCUT2D eigenvalue weighted by Gasteiger charge is 2.24. The van der Waals surface area contributed by atoms with Gasteiger partial charge in [0, 0.05) is 30.5 Å². The first-order chi connectivity index (χ1) is 10.2. The zero-order valence-electron chi connectivity index (χ0n) is 11.4. The van der Waals surface area contributed by atoms with Crippen LogP contribution in [0.1, 0.15) is 27.2 Å². The van der Waals surface area contributed by atoms with Crippen LogP contribution in [0, 0.1) is 6.92 Å². The van der Waals surface area contributed by atoms with Crippen LogP contribution in [-0.4, -0.2) is 24.5 Å². The van der Waals surface area contributed by atoms with Crippen molar-refractivity contribution in [3.05, 3.63) is 52.8 Å². The molecule has 0 atom stereocenters. The molecule has 0 bridgehead atoms. The number of carbonyl (C=O) groups excluding carboxylic acids is 1. The van der Waals surface area contributed by atoms with Crippen molar-refractivity contribution in [1.82, 2.24) is 18.6 Å². The molecule has 2 aromatic heterocycles. The summed E-state index contributed by atoms with van der Waals surface area (Å²) in [7, 11) is 0. The largest absolute Gasteiger partial charge is 0.330 e. The van der Waals surface area contributed by atoms with Crippen molar-refractivity contribution in [2.75, 3.05) is 0 Å². The lowest BCUT2D eigenvalue weighted by Crippen LogP contribution is -2.25. The summed E-state index contributed by atoms with van der Waals surface area (Å²) in [5.74, 6) is 0.0266. The van der Waals surface area contributed by atoms with Crippen LogP contribution in [0.25, 0.3) is 11.0 Å². The number of nitrogens with zero attached hydrogens (tertiary/aromatic N) is 4. The predicted molar refractivity (Wildman–Crippen MR) is 80.0 cm³/mol. The number of rotatable bonds is 1. The zero-order valence-corrected chi connectivity index (χ0v) is 12.2. The van der Waals surface area contributed by atoms with E-state index in [0.29, 0.717) is 18.7 Å². The van der Waals surface area contributed by atoms with Gasteiger partial charge in [0.05, 0.1) is 11.7 Å². The fraction of sp³-hybridized carbons (Fsp3) is 0.200. The van der Waals surface area contributed by atoms with E-state index in [1.54, 1.807) is 0 Å². The number of pyridine rings is 1. The van der Waals surface area contributed by atoms with Gasteiger partial charge in [-0.15, -0.1) is 0 Å². The Kier molecular flexibility index (Phi) is 2.71. The first-order valence-electron chi connectivity index (χ1n) is 6.67. The molecule has 0 aliphatic carbocycles. The second-order valence-electron chi connectivity index (χ2n) is 5.22. The Bertz CT molecular complexity index is 858. The molecule has 3 heterocycles. The van der Waals surface area contributed by atoms with Crippen molar-refractivity contribution < 1.29 is 4.79 Å². The van der Waals surface area contributed by atoms with Crippen LogP contribution in [0.2, 0.25) is 0 Å². The second kappa shape index (κ2) is 4.60. The van der Waals surface area contributed by atoms with Gasteiger partial charge < -0.3 is 4.90 Å². The van der Waals surface area contributed by atoms with Crippen LogP contribution < -0.4 is 0 Å². The molecule has 5 nitrogen and oxygen atoms in total. The van der Waals surface area contributed by atoms with Crippen molar-refractivity contribution in [1.29, 1.82) is 0 Å². The first-order valence-corrected chi connectivity index (χ1v) is 7.40. The summed E-state index contributed by atoms with van der Waals surface area (Å²) in [6.07, 6.45) is 1.87. The lowest BCUT2D eigenvalue weighted by molar-refractivity contribution is 0.0751. The molecule has 0 saturated carbocycles. The summed E-state index contributed by atoms with van der Waals surface area (Å²) < 4.78 is 8.35. The highest BCUT2D eigenvalue weighted by atomic mass is 32.1. The molecule has 0 N–H and O–H groups in total. The van der Waals surface area contributed by atoms with E-state index >= 15 is 0 Å². The average molecular weight is 296 g/mol. The summed E-state index contributed by atoms with van der Waals surface area (Å²) in [4.78, 5) is 18.8. The van der Waals surface area contributed by atoms with Crippen LogP contribution in [-0.2, 0) is 13.1 Å². The number of hydrogen-bond acceptors (Lipinski definition) is 5. The standard InChI is InChI=1S/C15H12N4OS/c1-9-4-11-7-19(8-12(11)6-16-9)15(20)10-2-3-13-14(5-10)18-21-17-13/h2-6H,7-8H2,1H3. The van der Waals surface area contributed by atoms with Gasteiger partial charge in [-0.2, -0.15) is 8.75 Å². The molecule has 21 heavy (non-hydrogen) atoms. The summed E-state index contributed by atoms with van der Waals surface area (Å²) in [6, 6.07) is 7.53. The van der Waals surface area contributed by atoms with Crippen LogP contribution >= 0.6 is 11.7 Å². The molecule has 3 aromatic rings. The molecule has 0 saturated heterocycles. The molecule has 1 aliphatic heterocycles. The van der Waals surface area contributed by atoms with Gasteiger partial charge in [-0.05, 0) is 42.3 Å². The van der Waals surface area contributed by atoms with E-state index in [-0.39, 0.29) is 5.91 Å². The van der Waals surface area contributed by atoms with Crippen molar-refractivity contribution in [3.63, 3.8) is 0 Å². The predicted octanol–water partition coefficient (Wildman–Crippen LogP) is 2.55. The van der Waals surface area contributed by atoms with Gasteiger partial charge >= 0.3 is 0 Å². The maximum absolute atomic E-state index is 12.6. The minimum atomic E-state index is 0.0266. The molecule has 1 aliphatic rings.